The maximum atomic E-state index is 4.08. The van der Waals surface area contributed by atoms with Crippen LogP contribution >= 0.6 is 11.3 Å². The highest BCUT2D eigenvalue weighted by Gasteiger charge is 2.22. The zero-order valence-corrected chi connectivity index (χ0v) is 11.4. The third kappa shape index (κ3) is 2.33. The Morgan fingerprint density at radius 1 is 1.33 bits per heavy atom. The number of rotatable bonds is 3. The van der Waals surface area contributed by atoms with Gasteiger partial charge in [0.25, 0.3) is 0 Å². The summed E-state index contributed by atoms with van der Waals surface area (Å²) in [4.78, 5) is 5.65. The lowest BCUT2D eigenvalue weighted by atomic mass is 9.93. The molecule has 0 amide bonds. The van der Waals surface area contributed by atoms with Crippen molar-refractivity contribution in [1.82, 2.24) is 10.3 Å². The van der Waals surface area contributed by atoms with Crippen molar-refractivity contribution >= 4 is 11.3 Å². The maximum absolute atomic E-state index is 4.08. The lowest BCUT2D eigenvalue weighted by Gasteiger charge is -2.27. The van der Waals surface area contributed by atoms with Crippen molar-refractivity contribution in [1.29, 1.82) is 0 Å². The lowest BCUT2D eigenvalue weighted by molar-refractivity contribution is 0.418. The lowest BCUT2D eigenvalue weighted by Crippen LogP contribution is -2.27. The summed E-state index contributed by atoms with van der Waals surface area (Å²) >= 11 is 1.90. The molecule has 1 unspecified atom stereocenters. The summed E-state index contributed by atoms with van der Waals surface area (Å²) in [5.74, 6) is 0. The smallest absolute Gasteiger partial charge is 0.0336 e. The van der Waals surface area contributed by atoms with Gasteiger partial charge in [0, 0.05) is 29.4 Å². The fraction of sp³-hybridized carbons (Fsp3) is 0.400. The highest BCUT2D eigenvalue weighted by atomic mass is 32.1. The second-order valence-corrected chi connectivity index (χ2v) is 5.91. The molecule has 2 heterocycles. The van der Waals surface area contributed by atoms with Crippen LogP contribution in [0.5, 0.6) is 0 Å². The molecule has 2 aromatic rings. The van der Waals surface area contributed by atoms with E-state index in [-0.39, 0.29) is 0 Å². The molecule has 2 nitrogen and oxygen atoms in total. The standard InChI is InChI=1S/C15H18N2S/c1-11(12-5-8-16-9-6-12)17-14-3-2-4-15-13(14)7-10-18-15/h5-11,14,17H,2-4H2,1H3/t11-,14?/m0/s1. The highest BCUT2D eigenvalue weighted by molar-refractivity contribution is 7.10. The number of hydrogen-bond donors (Lipinski definition) is 1. The van der Waals surface area contributed by atoms with E-state index in [1.54, 1.807) is 4.88 Å². The van der Waals surface area contributed by atoms with E-state index < -0.39 is 0 Å². The summed E-state index contributed by atoms with van der Waals surface area (Å²) in [6.07, 6.45) is 7.54. The molecule has 18 heavy (non-hydrogen) atoms. The Morgan fingerprint density at radius 3 is 3.00 bits per heavy atom. The van der Waals surface area contributed by atoms with Gasteiger partial charge in [-0.05, 0) is 60.9 Å². The van der Waals surface area contributed by atoms with Crippen molar-refractivity contribution in [2.24, 2.45) is 0 Å². The molecule has 0 aliphatic heterocycles. The molecular formula is C15H18N2S. The van der Waals surface area contributed by atoms with E-state index in [4.69, 9.17) is 0 Å². The van der Waals surface area contributed by atoms with Gasteiger partial charge in [0.2, 0.25) is 0 Å². The van der Waals surface area contributed by atoms with Gasteiger partial charge in [-0.3, -0.25) is 4.98 Å². The van der Waals surface area contributed by atoms with Gasteiger partial charge in [-0.15, -0.1) is 11.3 Å². The van der Waals surface area contributed by atoms with Gasteiger partial charge in [-0.1, -0.05) is 0 Å². The van der Waals surface area contributed by atoms with Crippen LogP contribution in [-0.4, -0.2) is 4.98 Å². The second-order valence-electron chi connectivity index (χ2n) is 4.91. The van der Waals surface area contributed by atoms with E-state index in [1.165, 1.54) is 30.4 Å². The molecule has 0 saturated heterocycles. The Morgan fingerprint density at radius 2 is 2.17 bits per heavy atom. The second kappa shape index (κ2) is 5.21. The molecule has 3 rings (SSSR count). The number of nitrogens with zero attached hydrogens (tertiary/aromatic N) is 1. The van der Waals surface area contributed by atoms with E-state index in [9.17, 15) is 0 Å². The van der Waals surface area contributed by atoms with Crippen LogP contribution in [0.2, 0.25) is 0 Å². The molecule has 0 aromatic carbocycles. The van der Waals surface area contributed by atoms with Gasteiger partial charge in [-0.25, -0.2) is 0 Å². The minimum atomic E-state index is 0.379. The fourth-order valence-corrected chi connectivity index (χ4v) is 3.70. The first-order valence-electron chi connectivity index (χ1n) is 6.57. The first kappa shape index (κ1) is 11.9. The molecule has 0 saturated carbocycles. The summed E-state index contributed by atoms with van der Waals surface area (Å²) < 4.78 is 0. The number of fused-ring (bicyclic) bond motifs is 1. The molecule has 3 heteroatoms. The van der Waals surface area contributed by atoms with Crippen LogP contribution in [0.25, 0.3) is 0 Å². The van der Waals surface area contributed by atoms with Crippen LogP contribution in [0.1, 0.15) is 47.9 Å². The molecule has 94 valence electrons. The molecule has 2 aromatic heterocycles. The van der Waals surface area contributed by atoms with Crippen LogP contribution < -0.4 is 5.32 Å². The Balaban J connectivity index is 1.75. The molecule has 0 radical (unpaired) electrons. The van der Waals surface area contributed by atoms with Crippen molar-refractivity contribution < 1.29 is 0 Å². The van der Waals surface area contributed by atoms with Gasteiger partial charge >= 0.3 is 0 Å². The Bertz CT molecular complexity index is 506. The largest absolute Gasteiger partial charge is 0.303 e. The molecule has 1 N–H and O–H groups in total. The molecule has 0 spiro atoms. The minimum Gasteiger partial charge on any atom is -0.303 e. The van der Waals surface area contributed by atoms with Gasteiger partial charge in [0.15, 0.2) is 0 Å². The molecule has 0 bridgehead atoms. The number of hydrogen-bond acceptors (Lipinski definition) is 3. The summed E-state index contributed by atoms with van der Waals surface area (Å²) in [5, 5.41) is 5.98. The predicted octanol–water partition coefficient (Wildman–Crippen LogP) is 3.87. The average molecular weight is 258 g/mol. The average Bonchev–Trinajstić information content (AvgIpc) is 2.89. The Labute approximate surface area is 112 Å². The van der Waals surface area contributed by atoms with Crippen molar-refractivity contribution in [3.05, 3.63) is 52.0 Å². The fourth-order valence-electron chi connectivity index (χ4n) is 2.71. The van der Waals surface area contributed by atoms with Crippen molar-refractivity contribution in [3.8, 4) is 0 Å². The zero-order chi connectivity index (χ0) is 12.4. The molecule has 2 atom stereocenters. The van der Waals surface area contributed by atoms with Gasteiger partial charge in [-0.2, -0.15) is 0 Å². The third-order valence-electron chi connectivity index (χ3n) is 3.71. The third-order valence-corrected chi connectivity index (χ3v) is 4.71. The van der Waals surface area contributed by atoms with Crippen LogP contribution in [-0.2, 0) is 6.42 Å². The summed E-state index contributed by atoms with van der Waals surface area (Å²) in [5.41, 5.74) is 2.83. The van der Waals surface area contributed by atoms with Crippen LogP contribution in [0.4, 0.5) is 0 Å². The molecule has 1 aliphatic carbocycles. The van der Waals surface area contributed by atoms with Crippen LogP contribution in [0.3, 0.4) is 0 Å². The Kier molecular flexibility index (Phi) is 3.43. The Hall–Kier alpha value is -1.19. The quantitative estimate of drug-likeness (QED) is 0.904. The van der Waals surface area contributed by atoms with Crippen molar-refractivity contribution in [2.75, 3.05) is 0 Å². The summed E-state index contributed by atoms with van der Waals surface area (Å²) in [6, 6.07) is 7.37. The maximum Gasteiger partial charge on any atom is 0.0336 e. The monoisotopic (exact) mass is 258 g/mol. The number of aryl methyl sites for hydroxylation is 1. The number of aromatic nitrogens is 1. The van der Waals surface area contributed by atoms with Gasteiger partial charge in [0.05, 0.1) is 0 Å². The SMILES string of the molecule is C[C@H](NC1CCCc2sccc21)c1ccncc1. The van der Waals surface area contributed by atoms with Crippen molar-refractivity contribution in [2.45, 2.75) is 38.3 Å². The first-order chi connectivity index (χ1) is 8.84. The molecule has 1 aliphatic rings. The van der Waals surface area contributed by atoms with E-state index in [1.807, 2.05) is 23.7 Å². The van der Waals surface area contributed by atoms with Gasteiger partial charge < -0.3 is 5.32 Å². The number of thiophene rings is 1. The summed E-state index contributed by atoms with van der Waals surface area (Å²) in [7, 11) is 0. The number of pyridine rings is 1. The van der Waals surface area contributed by atoms with E-state index in [0.717, 1.165) is 0 Å². The zero-order valence-electron chi connectivity index (χ0n) is 10.6. The number of nitrogens with one attached hydrogen (secondary N) is 1. The summed E-state index contributed by atoms with van der Waals surface area (Å²) in [6.45, 7) is 2.23. The van der Waals surface area contributed by atoms with E-state index >= 15 is 0 Å². The van der Waals surface area contributed by atoms with Crippen LogP contribution in [0.15, 0.2) is 36.0 Å². The minimum absolute atomic E-state index is 0.379. The van der Waals surface area contributed by atoms with Crippen molar-refractivity contribution in [3.63, 3.8) is 0 Å². The highest BCUT2D eigenvalue weighted by Crippen LogP contribution is 2.34. The molecule has 0 fully saturated rings. The first-order valence-corrected chi connectivity index (χ1v) is 7.45. The topological polar surface area (TPSA) is 24.9 Å². The molecular weight excluding hydrogens is 240 g/mol. The van der Waals surface area contributed by atoms with Crippen LogP contribution in [0, 0.1) is 0 Å². The van der Waals surface area contributed by atoms with Gasteiger partial charge in [0.1, 0.15) is 0 Å². The predicted molar refractivity (Wildman–Crippen MR) is 75.8 cm³/mol. The normalized spacial score (nSPS) is 20.4. The van der Waals surface area contributed by atoms with E-state index in [2.05, 4.69) is 40.8 Å². The van der Waals surface area contributed by atoms with E-state index in [0.29, 0.717) is 12.1 Å².